The third-order valence-corrected chi connectivity index (χ3v) is 5.91. The summed E-state index contributed by atoms with van der Waals surface area (Å²) < 4.78 is 36.1. The quantitative estimate of drug-likeness (QED) is 0.588. The number of halogens is 2. The van der Waals surface area contributed by atoms with E-state index in [4.69, 9.17) is 12.2 Å². The van der Waals surface area contributed by atoms with E-state index in [1.165, 1.54) is 6.07 Å². The molecule has 2 heterocycles. The second kappa shape index (κ2) is 4.47. The van der Waals surface area contributed by atoms with Crippen LogP contribution >= 0.6 is 28.1 Å². The van der Waals surface area contributed by atoms with Crippen LogP contribution in [0.4, 0.5) is 10.1 Å². The van der Waals surface area contributed by atoms with Crippen molar-refractivity contribution in [2.24, 2.45) is 0 Å². The van der Waals surface area contributed by atoms with E-state index in [2.05, 4.69) is 21.2 Å². The lowest BCUT2D eigenvalue weighted by Crippen LogP contribution is -2.38. The summed E-state index contributed by atoms with van der Waals surface area (Å²) in [7, 11) is -2.84. The van der Waals surface area contributed by atoms with Gasteiger partial charge in [0.1, 0.15) is 17.9 Å². The van der Waals surface area contributed by atoms with Crippen molar-refractivity contribution in [3.05, 3.63) is 28.5 Å². The fraction of sp³-hybridized carbons (Fsp3) is 0.364. The largest absolute Gasteiger partial charge is 0.352 e. The predicted molar refractivity (Wildman–Crippen MR) is 80.3 cm³/mol. The minimum Gasteiger partial charge on any atom is -0.352 e. The number of nitrogens with one attached hydrogen (secondary N) is 1. The normalized spacial score (nSPS) is 33.4. The molecule has 0 radical (unpaired) electrons. The Morgan fingerprint density at radius 1 is 1.53 bits per heavy atom. The molecule has 2 fully saturated rings. The van der Waals surface area contributed by atoms with Crippen LogP contribution in [-0.4, -0.2) is 33.3 Å². The molecule has 3 rings (SSSR count). The predicted octanol–water partition coefficient (Wildman–Crippen LogP) is 2.01. The Hall–Kier alpha value is -0.570. The minimum absolute atomic E-state index is 0.111. The van der Waals surface area contributed by atoms with Crippen molar-refractivity contribution in [3.8, 4) is 0 Å². The highest BCUT2D eigenvalue weighted by Gasteiger charge is 2.54. The SMILES string of the molecule is O=[S+]1(O)C[C@@H]2[C@@H](C1)NC(=S)N2c1ccc(Br)cc1F. The van der Waals surface area contributed by atoms with Crippen LogP contribution in [0.25, 0.3) is 0 Å². The standard InChI is InChI=1S/C11H10BrFN2O2S2/c12-6-1-2-9(7(13)3-6)15-10-5-19(16,17)4-8(10)14-11(15)18/h1-3,8,10H,4-5H2,(H-,14,16,17,18)/p+1/t8-,10-/m1/s1. The summed E-state index contributed by atoms with van der Waals surface area (Å²) in [4.78, 5) is 1.62. The van der Waals surface area contributed by atoms with E-state index in [1.807, 2.05) is 0 Å². The third-order valence-electron chi connectivity index (χ3n) is 3.36. The Morgan fingerprint density at radius 2 is 2.26 bits per heavy atom. The molecule has 1 unspecified atom stereocenters. The molecule has 8 heteroatoms. The van der Waals surface area contributed by atoms with Crippen molar-refractivity contribution in [2.75, 3.05) is 16.4 Å². The molecule has 1 aromatic rings. The maximum atomic E-state index is 14.0. The topological polar surface area (TPSA) is 52.6 Å². The molecule has 3 atom stereocenters. The van der Waals surface area contributed by atoms with Crippen molar-refractivity contribution >= 4 is 49.2 Å². The summed E-state index contributed by atoms with van der Waals surface area (Å²) in [5.74, 6) is -0.136. The lowest BCUT2D eigenvalue weighted by Gasteiger charge is -2.22. The van der Waals surface area contributed by atoms with Crippen LogP contribution in [0.15, 0.2) is 22.7 Å². The van der Waals surface area contributed by atoms with Gasteiger partial charge in [-0.3, -0.25) is 0 Å². The van der Waals surface area contributed by atoms with Gasteiger partial charge < -0.3 is 10.2 Å². The molecule has 19 heavy (non-hydrogen) atoms. The highest BCUT2D eigenvalue weighted by Crippen LogP contribution is 2.33. The Balaban J connectivity index is 2.00. The number of thiocarbonyl (C=S) groups is 1. The molecule has 0 bridgehead atoms. The number of benzene rings is 1. The van der Waals surface area contributed by atoms with E-state index in [1.54, 1.807) is 17.0 Å². The average molecular weight is 366 g/mol. The van der Waals surface area contributed by atoms with Gasteiger partial charge in [0.15, 0.2) is 16.6 Å². The average Bonchev–Trinajstić information content (AvgIpc) is 2.70. The lowest BCUT2D eigenvalue weighted by atomic mass is 10.1. The van der Waals surface area contributed by atoms with Gasteiger partial charge in [0, 0.05) is 4.47 Å². The van der Waals surface area contributed by atoms with Crippen molar-refractivity contribution in [3.63, 3.8) is 0 Å². The maximum absolute atomic E-state index is 14.0. The van der Waals surface area contributed by atoms with Gasteiger partial charge >= 0.3 is 0 Å². The molecule has 0 aliphatic carbocycles. The van der Waals surface area contributed by atoms with Crippen LogP contribution in [-0.2, 0) is 14.4 Å². The van der Waals surface area contributed by atoms with E-state index in [0.29, 0.717) is 15.3 Å². The van der Waals surface area contributed by atoms with Crippen molar-refractivity contribution in [1.82, 2.24) is 5.32 Å². The molecule has 0 amide bonds. The summed E-state index contributed by atoms with van der Waals surface area (Å²) in [6.07, 6.45) is 0. The van der Waals surface area contributed by atoms with Crippen LogP contribution in [0.2, 0.25) is 0 Å². The van der Waals surface area contributed by atoms with E-state index in [-0.39, 0.29) is 23.6 Å². The lowest BCUT2D eigenvalue weighted by molar-refractivity contribution is 0.502. The number of nitrogens with zero attached hydrogens (tertiary/aromatic N) is 1. The minimum atomic E-state index is -2.84. The summed E-state index contributed by atoms with van der Waals surface area (Å²) in [6, 6.07) is 4.25. The van der Waals surface area contributed by atoms with Gasteiger partial charge in [-0.25, -0.2) is 4.39 Å². The molecular weight excluding hydrogens is 355 g/mol. The van der Waals surface area contributed by atoms with Gasteiger partial charge in [-0.05, 0) is 30.4 Å². The van der Waals surface area contributed by atoms with Gasteiger partial charge in [-0.1, -0.05) is 20.1 Å². The van der Waals surface area contributed by atoms with Gasteiger partial charge in [0.25, 0.3) is 0 Å². The molecule has 4 nitrogen and oxygen atoms in total. The summed E-state index contributed by atoms with van der Waals surface area (Å²) in [5, 5.41) is 3.41. The molecule has 2 saturated heterocycles. The van der Waals surface area contributed by atoms with E-state index < -0.39 is 16.0 Å². The van der Waals surface area contributed by atoms with Crippen molar-refractivity contribution in [1.29, 1.82) is 0 Å². The third kappa shape index (κ3) is 2.31. The van der Waals surface area contributed by atoms with Crippen LogP contribution in [0.3, 0.4) is 0 Å². The van der Waals surface area contributed by atoms with Crippen LogP contribution in [0.1, 0.15) is 0 Å². The summed E-state index contributed by atoms with van der Waals surface area (Å²) in [6.45, 7) is 0. The molecular formula is C11H11BrFN2O2S2+. The molecule has 0 saturated carbocycles. The van der Waals surface area contributed by atoms with Gasteiger partial charge in [-0.2, -0.15) is 4.55 Å². The Bertz CT molecular complexity index is 612. The zero-order chi connectivity index (χ0) is 13.8. The molecule has 2 aliphatic rings. The van der Waals surface area contributed by atoms with Gasteiger partial charge in [-0.15, -0.1) is 0 Å². The Labute approximate surface area is 124 Å². The summed E-state index contributed by atoms with van der Waals surface area (Å²) in [5.41, 5.74) is 0.338. The maximum Gasteiger partial charge on any atom is 0.218 e. The molecule has 1 aromatic carbocycles. The van der Waals surface area contributed by atoms with Crippen LogP contribution in [0, 0.1) is 5.82 Å². The monoisotopic (exact) mass is 365 g/mol. The fourth-order valence-corrected chi connectivity index (χ4v) is 5.21. The van der Waals surface area contributed by atoms with Crippen molar-refractivity contribution in [2.45, 2.75) is 12.1 Å². The fourth-order valence-electron chi connectivity index (χ4n) is 2.58. The number of hydrogen-bond acceptors (Lipinski definition) is 2. The molecule has 2 N–H and O–H groups in total. The first-order chi connectivity index (χ1) is 8.87. The van der Waals surface area contributed by atoms with E-state index >= 15 is 0 Å². The number of hydrogen-bond donors (Lipinski definition) is 2. The highest BCUT2D eigenvalue weighted by molar-refractivity contribution is 9.10. The van der Waals surface area contributed by atoms with Crippen LogP contribution < -0.4 is 10.2 Å². The Kier molecular flexibility index (Phi) is 3.16. The number of anilines is 1. The van der Waals surface area contributed by atoms with Crippen molar-refractivity contribution < 1.29 is 13.2 Å². The summed E-state index contributed by atoms with van der Waals surface area (Å²) >= 11 is 8.41. The molecule has 102 valence electrons. The second-order valence-corrected chi connectivity index (χ2v) is 8.21. The highest BCUT2D eigenvalue weighted by atomic mass is 79.9. The molecule has 0 aromatic heterocycles. The zero-order valence-electron chi connectivity index (χ0n) is 9.68. The van der Waals surface area contributed by atoms with Gasteiger partial charge in [0.05, 0.1) is 5.69 Å². The number of rotatable bonds is 1. The Morgan fingerprint density at radius 3 is 2.95 bits per heavy atom. The van der Waals surface area contributed by atoms with Crippen LogP contribution in [0.5, 0.6) is 0 Å². The van der Waals surface area contributed by atoms with E-state index in [0.717, 1.165) is 0 Å². The first kappa shape index (κ1) is 13.4. The van der Waals surface area contributed by atoms with Gasteiger partial charge in [0.2, 0.25) is 10.2 Å². The zero-order valence-corrected chi connectivity index (χ0v) is 12.9. The smallest absolute Gasteiger partial charge is 0.218 e. The number of fused-ring (bicyclic) bond motifs is 1. The van der Waals surface area contributed by atoms with E-state index in [9.17, 15) is 13.2 Å². The first-order valence-corrected chi connectivity index (χ1v) is 8.70. The first-order valence-electron chi connectivity index (χ1n) is 5.64. The molecule has 0 spiro atoms. The molecule has 2 aliphatic heterocycles. The second-order valence-electron chi connectivity index (χ2n) is 4.69.